The molecule has 1 heterocycles. The molecule has 1 saturated heterocycles. The van der Waals surface area contributed by atoms with Crippen molar-refractivity contribution in [1.29, 1.82) is 0 Å². The highest BCUT2D eigenvalue weighted by Gasteiger charge is 2.44. The van der Waals surface area contributed by atoms with Gasteiger partial charge in [-0.2, -0.15) is 0 Å². The second-order valence-electron chi connectivity index (χ2n) is 17.8. The Labute approximate surface area is 395 Å². The molecule has 0 radical (unpaired) electrons. The minimum Gasteiger partial charge on any atom is -0.466 e. The van der Waals surface area contributed by atoms with Gasteiger partial charge in [0.1, 0.15) is 24.4 Å². The van der Waals surface area contributed by atoms with Gasteiger partial charge in [0.2, 0.25) is 5.91 Å². The molecule has 0 aromatic carbocycles. The van der Waals surface area contributed by atoms with E-state index in [1.54, 1.807) is 6.08 Å². The number of rotatable bonds is 43. The number of allylic oxidation sites excluding steroid dienone is 9. The van der Waals surface area contributed by atoms with Gasteiger partial charge in [-0.15, -0.1) is 0 Å². The van der Waals surface area contributed by atoms with Gasteiger partial charge < -0.3 is 45.1 Å². The number of esters is 1. The summed E-state index contributed by atoms with van der Waals surface area (Å²) in [6.07, 6.45) is 44.6. The summed E-state index contributed by atoms with van der Waals surface area (Å²) in [4.78, 5) is 25.0. The first kappa shape index (κ1) is 60.4. The zero-order chi connectivity index (χ0) is 47.4. The molecule has 376 valence electrons. The van der Waals surface area contributed by atoms with Gasteiger partial charge in [-0.25, -0.2) is 0 Å². The Balaban J connectivity index is 2.25. The summed E-state index contributed by atoms with van der Waals surface area (Å²) in [7, 11) is 0. The molecule has 1 aliphatic heterocycles. The monoisotopic (exact) mass is 918 g/mol. The van der Waals surface area contributed by atoms with Gasteiger partial charge in [0.15, 0.2) is 6.29 Å². The van der Waals surface area contributed by atoms with Crippen LogP contribution in [0.4, 0.5) is 0 Å². The molecule has 1 aliphatic rings. The van der Waals surface area contributed by atoms with Crippen molar-refractivity contribution in [2.24, 2.45) is 0 Å². The van der Waals surface area contributed by atoms with Gasteiger partial charge in [0, 0.05) is 12.8 Å². The Hall–Kier alpha value is -2.64. The number of ether oxygens (including phenoxy) is 3. The van der Waals surface area contributed by atoms with Crippen molar-refractivity contribution >= 4 is 11.9 Å². The zero-order valence-corrected chi connectivity index (χ0v) is 40.9. The number of aliphatic hydroxyl groups is 5. The van der Waals surface area contributed by atoms with Crippen LogP contribution in [0, 0.1) is 0 Å². The van der Waals surface area contributed by atoms with Gasteiger partial charge in [0.05, 0.1) is 32.0 Å². The first-order valence-corrected chi connectivity index (χ1v) is 26.1. The van der Waals surface area contributed by atoms with Crippen molar-refractivity contribution in [2.75, 3.05) is 19.8 Å². The first-order valence-electron chi connectivity index (χ1n) is 26.1. The minimum atomic E-state index is -1.60. The van der Waals surface area contributed by atoms with E-state index in [-0.39, 0.29) is 24.9 Å². The molecule has 7 unspecified atom stereocenters. The van der Waals surface area contributed by atoms with Crippen LogP contribution >= 0.6 is 0 Å². The summed E-state index contributed by atoms with van der Waals surface area (Å²) in [5.74, 6) is -0.321. The highest BCUT2D eigenvalue weighted by atomic mass is 16.7. The van der Waals surface area contributed by atoms with E-state index in [4.69, 9.17) is 14.2 Å². The highest BCUT2D eigenvalue weighted by Crippen LogP contribution is 2.22. The van der Waals surface area contributed by atoms with Gasteiger partial charge in [0.25, 0.3) is 0 Å². The van der Waals surface area contributed by atoms with E-state index in [2.05, 4.69) is 55.6 Å². The quantitative estimate of drug-likeness (QED) is 0.0196. The van der Waals surface area contributed by atoms with E-state index in [9.17, 15) is 35.1 Å². The van der Waals surface area contributed by atoms with Crippen molar-refractivity contribution in [3.05, 3.63) is 60.8 Å². The third-order valence-electron chi connectivity index (χ3n) is 11.8. The Bertz CT molecular complexity index is 1270. The van der Waals surface area contributed by atoms with E-state index in [0.717, 1.165) is 77.0 Å². The van der Waals surface area contributed by atoms with Crippen LogP contribution in [0.2, 0.25) is 0 Å². The number of unbranched alkanes of at least 4 members (excludes halogenated alkanes) is 21. The van der Waals surface area contributed by atoms with Crippen molar-refractivity contribution in [2.45, 2.75) is 249 Å². The van der Waals surface area contributed by atoms with E-state index < -0.39 is 49.5 Å². The zero-order valence-electron chi connectivity index (χ0n) is 40.9. The topological polar surface area (TPSA) is 175 Å². The lowest BCUT2D eigenvalue weighted by molar-refractivity contribution is -0.302. The van der Waals surface area contributed by atoms with E-state index in [1.165, 1.54) is 89.9 Å². The largest absolute Gasteiger partial charge is 0.466 e. The third-order valence-corrected chi connectivity index (χ3v) is 11.8. The molecule has 6 N–H and O–H groups in total. The molecule has 0 aromatic rings. The van der Waals surface area contributed by atoms with Gasteiger partial charge in [-0.05, 0) is 70.6 Å². The van der Waals surface area contributed by atoms with Crippen LogP contribution in [-0.4, -0.2) is 100 Å². The molecule has 1 rings (SSSR count). The SMILES string of the molecule is CCCC/C=C/CC/C=C/CC/C=C/C(O)C(COC1OC(CO)C(O)C(O)C1O)NC(=O)CC/C=C\C/C=C\CCCCCCCCOC(=O)CCCCCCCCCCCCCC. The minimum absolute atomic E-state index is 0.0416. The fourth-order valence-electron chi connectivity index (χ4n) is 7.62. The van der Waals surface area contributed by atoms with Crippen LogP contribution in [0.25, 0.3) is 0 Å². The maximum atomic E-state index is 12.9. The molecule has 0 aliphatic carbocycles. The predicted octanol–water partition coefficient (Wildman–Crippen LogP) is 10.7. The molecule has 0 saturated carbocycles. The standard InChI is InChI=1S/C54H95NO10/c1-3-5-7-9-11-13-15-20-24-28-32-36-40-47(57)46(45-64-54-53(62)52(61)51(60)48(44-56)65-54)55-49(58)41-37-33-29-25-21-18-17-19-23-27-31-35-39-43-63-50(59)42-38-34-30-26-22-16-14-12-10-8-6-4-2/h9,11,18,20-21,24,29,33,36,40,46-48,51-54,56-57,60-62H,3-8,10,12-17,19,22-23,25-28,30-32,34-35,37-39,41-45H2,1-2H3,(H,55,58)/b11-9+,21-18-,24-20+,33-29-,40-36+. The fourth-order valence-corrected chi connectivity index (χ4v) is 7.62. The Morgan fingerprint density at radius 3 is 1.69 bits per heavy atom. The molecule has 1 amide bonds. The molecule has 0 bridgehead atoms. The smallest absolute Gasteiger partial charge is 0.305 e. The second kappa shape index (κ2) is 43.9. The summed E-state index contributed by atoms with van der Waals surface area (Å²) in [6.45, 7) is 4.15. The normalized spacial score (nSPS) is 20.3. The Morgan fingerprint density at radius 1 is 0.569 bits per heavy atom. The van der Waals surface area contributed by atoms with E-state index in [1.807, 2.05) is 18.2 Å². The predicted molar refractivity (Wildman–Crippen MR) is 264 cm³/mol. The van der Waals surface area contributed by atoms with Crippen LogP contribution in [0.3, 0.4) is 0 Å². The molecular weight excluding hydrogens is 823 g/mol. The molecule has 65 heavy (non-hydrogen) atoms. The second-order valence-corrected chi connectivity index (χ2v) is 17.8. The van der Waals surface area contributed by atoms with Crippen molar-refractivity contribution in [3.8, 4) is 0 Å². The van der Waals surface area contributed by atoms with Crippen LogP contribution < -0.4 is 5.32 Å². The average Bonchev–Trinajstić information content (AvgIpc) is 3.30. The lowest BCUT2D eigenvalue weighted by Gasteiger charge is -2.40. The van der Waals surface area contributed by atoms with Crippen LogP contribution in [0.15, 0.2) is 60.8 Å². The number of amides is 1. The number of hydrogen-bond acceptors (Lipinski definition) is 10. The van der Waals surface area contributed by atoms with Gasteiger partial charge in [-0.1, -0.05) is 184 Å². The van der Waals surface area contributed by atoms with Crippen molar-refractivity contribution < 1.29 is 49.3 Å². The summed E-state index contributed by atoms with van der Waals surface area (Å²) in [5, 5.41) is 54.1. The van der Waals surface area contributed by atoms with Crippen LogP contribution in [0.5, 0.6) is 0 Å². The lowest BCUT2D eigenvalue weighted by atomic mass is 9.99. The number of aliphatic hydroxyl groups excluding tert-OH is 5. The number of nitrogens with one attached hydrogen (secondary N) is 1. The first-order chi connectivity index (χ1) is 31.7. The summed E-state index contributed by atoms with van der Waals surface area (Å²) < 4.78 is 16.6. The van der Waals surface area contributed by atoms with Crippen molar-refractivity contribution in [1.82, 2.24) is 5.32 Å². The molecular formula is C54H95NO10. The molecule has 11 heteroatoms. The van der Waals surface area contributed by atoms with Crippen LogP contribution in [-0.2, 0) is 23.8 Å². The van der Waals surface area contributed by atoms with Gasteiger partial charge in [-0.3, -0.25) is 9.59 Å². The highest BCUT2D eigenvalue weighted by molar-refractivity contribution is 5.76. The number of carbonyl (C=O) groups is 2. The van der Waals surface area contributed by atoms with Gasteiger partial charge >= 0.3 is 5.97 Å². The molecule has 1 fully saturated rings. The molecule has 0 spiro atoms. The average molecular weight is 918 g/mol. The lowest BCUT2D eigenvalue weighted by Crippen LogP contribution is -2.60. The van der Waals surface area contributed by atoms with Crippen molar-refractivity contribution in [3.63, 3.8) is 0 Å². The number of hydrogen-bond donors (Lipinski definition) is 6. The Kier molecular flexibility index (Phi) is 40.8. The fraction of sp³-hybridized carbons (Fsp3) is 0.778. The molecule has 7 atom stereocenters. The third kappa shape index (κ3) is 34.3. The maximum absolute atomic E-state index is 12.9. The molecule has 0 aromatic heterocycles. The van der Waals surface area contributed by atoms with Crippen LogP contribution in [0.1, 0.15) is 206 Å². The summed E-state index contributed by atoms with van der Waals surface area (Å²) in [5.41, 5.74) is 0. The summed E-state index contributed by atoms with van der Waals surface area (Å²) >= 11 is 0. The van der Waals surface area contributed by atoms with E-state index in [0.29, 0.717) is 25.9 Å². The number of carbonyl (C=O) groups excluding carboxylic acids is 2. The Morgan fingerprint density at radius 2 is 1.08 bits per heavy atom. The summed E-state index contributed by atoms with van der Waals surface area (Å²) in [6, 6.07) is -0.878. The molecule has 11 nitrogen and oxygen atoms in total. The maximum Gasteiger partial charge on any atom is 0.305 e. The van der Waals surface area contributed by atoms with E-state index >= 15 is 0 Å².